The minimum Gasteiger partial charge on any atom is -0.748 e. The van der Waals surface area contributed by atoms with Crippen LogP contribution in [-0.2, 0) is 73.8 Å². The monoisotopic (exact) mass is 1060 g/mol. The fourth-order valence-corrected chi connectivity index (χ4v) is 8.90. The van der Waals surface area contributed by atoms with E-state index in [4.69, 9.17) is 42.3 Å². The zero-order chi connectivity index (χ0) is 51.9. The van der Waals surface area contributed by atoms with E-state index in [1.54, 1.807) is 14.2 Å². The molecule has 2 aliphatic heterocycles. The molecule has 398 valence electrons. The SMILES string of the molecule is COCCOCCOCCOCC[N+](CCOCCOCCOCCOC)=c1ccc2c(/C=C/C=C3\N(CCCS(=O)(=O)[O-])c4ccc(S(=O)(=O)[O-])cc4C3(C)CCCC(=O)O)cc(C(C)(C)C)oc-2c1.[Na+]. The van der Waals surface area contributed by atoms with Gasteiger partial charge in [-0.25, -0.2) is 21.4 Å². The van der Waals surface area contributed by atoms with Gasteiger partial charge in [-0.2, -0.15) is 0 Å². The number of methoxy groups -OCH3 is 2. The second-order valence-corrected chi connectivity index (χ2v) is 20.9. The molecule has 4 rings (SSSR count). The number of carbonyl (C=O) groups is 1. The first-order chi connectivity index (χ1) is 33.8. The molecular formula is C50H73N2NaO17S2. The zero-order valence-corrected chi connectivity index (χ0v) is 46.7. The van der Waals surface area contributed by atoms with Crippen LogP contribution in [0.15, 0.2) is 69.6 Å². The second kappa shape index (κ2) is 31.7. The first-order valence-corrected chi connectivity index (χ1v) is 26.8. The molecule has 0 saturated heterocycles. The van der Waals surface area contributed by atoms with Gasteiger partial charge < -0.3 is 61.4 Å². The number of carboxylic acid groups (broad SMARTS) is 1. The standard InChI is InChI=1S/C50H74N2O17S2.Na/c1-49(2,3)47-36-39(10-7-11-46-50(4,17-8-12-48(53)54)43-38-41(71(58,59)60)14-16-44(43)52(46)18-9-35-70(55,56)57)42-15-13-40(37-45(42)69-47)51(19-21-63-27-29-67-33-31-65-25-23-61-5)20-22-64-28-30-68-34-32-66-26-24-62-6;/h7,10-11,13-16,36-38H,8-9,12,17-35H2,1-6H3,(H2-,53,54,55,56,57,58,59,60);/q;+1/p-1. The number of nitrogens with zero attached hydrogens (tertiary/aromatic N) is 2. The van der Waals surface area contributed by atoms with Crippen molar-refractivity contribution >= 4 is 38.0 Å². The molecule has 1 unspecified atom stereocenters. The summed E-state index contributed by atoms with van der Waals surface area (Å²) in [6.45, 7) is 15.5. The van der Waals surface area contributed by atoms with Gasteiger partial charge in [0.15, 0.2) is 13.1 Å². The normalized spacial score (nSPS) is 15.7. The molecule has 1 aromatic rings. The van der Waals surface area contributed by atoms with Crippen molar-refractivity contribution in [2.45, 2.75) is 69.1 Å². The van der Waals surface area contributed by atoms with E-state index in [2.05, 4.69) is 4.58 Å². The van der Waals surface area contributed by atoms with Gasteiger partial charge in [0.05, 0.1) is 100 Å². The van der Waals surface area contributed by atoms with Crippen LogP contribution in [0, 0.1) is 0 Å². The summed E-state index contributed by atoms with van der Waals surface area (Å²) in [5, 5.41) is 10.4. The Labute approximate surface area is 447 Å². The summed E-state index contributed by atoms with van der Waals surface area (Å²) >= 11 is 0. The van der Waals surface area contributed by atoms with Crippen molar-refractivity contribution in [3.63, 3.8) is 0 Å². The first-order valence-electron chi connectivity index (χ1n) is 23.8. The Bertz CT molecular complexity index is 2430. The average Bonchev–Trinajstić information content (AvgIpc) is 3.53. The molecule has 2 heterocycles. The maximum absolute atomic E-state index is 12.2. The molecule has 1 N–H and O–H groups in total. The van der Waals surface area contributed by atoms with Crippen LogP contribution in [0.3, 0.4) is 0 Å². The number of rotatable bonds is 35. The van der Waals surface area contributed by atoms with Gasteiger partial charge in [0, 0.05) is 66.8 Å². The summed E-state index contributed by atoms with van der Waals surface area (Å²) in [6.07, 6.45) is 5.81. The topological polar surface area (TPSA) is 245 Å². The number of aliphatic carboxylic acids is 1. The van der Waals surface area contributed by atoms with Crippen LogP contribution in [0.1, 0.15) is 70.3 Å². The molecule has 0 spiro atoms. The Morgan fingerprint density at radius 2 is 1.31 bits per heavy atom. The maximum atomic E-state index is 12.2. The molecule has 3 aliphatic rings. The van der Waals surface area contributed by atoms with Crippen molar-refractivity contribution in [1.82, 2.24) is 4.58 Å². The number of carboxylic acids is 1. The van der Waals surface area contributed by atoms with Gasteiger partial charge in [-0.15, -0.1) is 0 Å². The number of ether oxygens (including phenoxy) is 8. The van der Waals surface area contributed by atoms with E-state index >= 15 is 0 Å². The predicted octanol–water partition coefficient (Wildman–Crippen LogP) is 1.62. The van der Waals surface area contributed by atoms with E-state index in [9.17, 15) is 35.8 Å². The van der Waals surface area contributed by atoms with Crippen LogP contribution in [0.4, 0.5) is 5.69 Å². The van der Waals surface area contributed by atoms with E-state index < -0.39 is 47.7 Å². The number of hydrogen-bond donors (Lipinski definition) is 1. The molecule has 1 aromatic carbocycles. The van der Waals surface area contributed by atoms with Gasteiger partial charge in [-0.1, -0.05) is 32.9 Å². The van der Waals surface area contributed by atoms with Gasteiger partial charge in [0.1, 0.15) is 34.9 Å². The fourth-order valence-electron chi connectivity index (χ4n) is 7.92. The molecule has 0 aromatic heterocycles. The van der Waals surface area contributed by atoms with Crippen molar-refractivity contribution in [2.24, 2.45) is 0 Å². The minimum atomic E-state index is -4.87. The summed E-state index contributed by atoms with van der Waals surface area (Å²) in [5.74, 6) is -0.318. The fraction of sp³-hybridized carbons (Fsp3) is 0.600. The van der Waals surface area contributed by atoms with E-state index in [0.29, 0.717) is 134 Å². The largest absolute Gasteiger partial charge is 1.00 e. The number of allylic oxidation sites excluding steroid dienone is 3. The number of fused-ring (bicyclic) bond motifs is 2. The number of anilines is 1. The summed E-state index contributed by atoms with van der Waals surface area (Å²) in [6, 6.07) is 11.9. The van der Waals surface area contributed by atoms with Crippen LogP contribution in [0.5, 0.6) is 0 Å². The van der Waals surface area contributed by atoms with Gasteiger partial charge in [0.25, 0.3) is 0 Å². The Morgan fingerprint density at radius 1 is 0.764 bits per heavy atom. The van der Waals surface area contributed by atoms with E-state index in [1.165, 1.54) is 18.2 Å². The third kappa shape index (κ3) is 21.3. The Morgan fingerprint density at radius 3 is 1.81 bits per heavy atom. The van der Waals surface area contributed by atoms with Crippen LogP contribution in [0.2, 0.25) is 0 Å². The third-order valence-electron chi connectivity index (χ3n) is 11.6. The van der Waals surface area contributed by atoms with Crippen molar-refractivity contribution < 1.29 is 108 Å². The second-order valence-electron chi connectivity index (χ2n) is 18.0. The van der Waals surface area contributed by atoms with Crippen molar-refractivity contribution in [1.29, 1.82) is 0 Å². The van der Waals surface area contributed by atoms with Crippen molar-refractivity contribution in [3.05, 3.63) is 82.6 Å². The number of hydrogen-bond acceptors (Lipinski definition) is 17. The maximum Gasteiger partial charge on any atom is 1.00 e. The molecular weight excluding hydrogens is 988 g/mol. The number of benzene rings is 2. The van der Waals surface area contributed by atoms with Crippen molar-refractivity contribution in [3.8, 4) is 11.3 Å². The summed E-state index contributed by atoms with van der Waals surface area (Å²) < 4.78 is 125. The average molecular weight is 1060 g/mol. The summed E-state index contributed by atoms with van der Waals surface area (Å²) in [5.41, 5.74) is 1.80. The van der Waals surface area contributed by atoms with Crippen molar-refractivity contribution in [2.75, 3.05) is 137 Å². The first kappa shape index (κ1) is 63.2. The van der Waals surface area contributed by atoms with E-state index in [1.807, 2.05) is 75.1 Å². The Hall–Kier alpha value is -3.10. The molecule has 0 saturated carbocycles. The van der Waals surface area contributed by atoms with Gasteiger partial charge >= 0.3 is 35.5 Å². The predicted molar refractivity (Wildman–Crippen MR) is 265 cm³/mol. The zero-order valence-electron chi connectivity index (χ0n) is 43.0. The smallest absolute Gasteiger partial charge is 0.748 e. The van der Waals surface area contributed by atoms with Crippen LogP contribution in [-0.4, -0.2) is 169 Å². The van der Waals surface area contributed by atoms with Crippen LogP contribution >= 0.6 is 0 Å². The Kier molecular flexibility index (Phi) is 27.8. The van der Waals surface area contributed by atoms with Gasteiger partial charge in [-0.05, 0) is 73.7 Å². The molecule has 1 atom stereocenters. The molecule has 0 fully saturated rings. The molecule has 0 amide bonds. The van der Waals surface area contributed by atoms with Gasteiger partial charge in [0.2, 0.25) is 5.36 Å². The van der Waals surface area contributed by atoms with Gasteiger partial charge in [-0.3, -0.25) is 4.79 Å². The van der Waals surface area contributed by atoms with E-state index in [-0.39, 0.29) is 61.8 Å². The Balaban J connectivity index is 0.0000137. The molecule has 0 bridgehead atoms. The van der Waals surface area contributed by atoms with Crippen LogP contribution in [0.25, 0.3) is 17.4 Å². The van der Waals surface area contributed by atoms with Crippen LogP contribution < -0.4 is 44.4 Å². The third-order valence-corrected chi connectivity index (χ3v) is 13.2. The summed E-state index contributed by atoms with van der Waals surface area (Å²) in [4.78, 5) is 13.0. The van der Waals surface area contributed by atoms with E-state index in [0.717, 1.165) is 16.5 Å². The molecule has 1 aliphatic carbocycles. The summed E-state index contributed by atoms with van der Waals surface area (Å²) in [7, 11) is -6.18. The minimum absolute atomic E-state index is 0. The molecule has 19 nitrogen and oxygen atoms in total. The molecule has 0 radical (unpaired) electrons. The molecule has 72 heavy (non-hydrogen) atoms. The molecule has 22 heteroatoms. The quantitative estimate of drug-likeness (QED) is 0.0381.